The van der Waals surface area contributed by atoms with Crippen LogP contribution in [-0.4, -0.2) is 25.2 Å². The topological polar surface area (TPSA) is 71.4 Å². The lowest BCUT2D eigenvalue weighted by Crippen LogP contribution is -2.13. The zero-order chi connectivity index (χ0) is 13.1. The number of halogens is 1. The predicted octanol–water partition coefficient (Wildman–Crippen LogP) is 1.52. The smallest absolute Gasteiger partial charge is 0.304 e. The number of benzene rings is 1. The van der Waals surface area contributed by atoms with Crippen LogP contribution in [0.25, 0.3) is 0 Å². The highest BCUT2D eigenvalue weighted by atomic mass is 32.2. The second kappa shape index (κ2) is 5.27. The molecule has 0 aliphatic heterocycles. The molecule has 0 bridgehead atoms. The molecule has 1 N–H and O–H groups in total. The summed E-state index contributed by atoms with van der Waals surface area (Å²) in [6, 6.07) is 3.85. The van der Waals surface area contributed by atoms with Crippen LogP contribution in [-0.2, 0) is 20.4 Å². The molecule has 0 aliphatic rings. The van der Waals surface area contributed by atoms with Gasteiger partial charge in [0.25, 0.3) is 0 Å². The van der Waals surface area contributed by atoms with Crippen LogP contribution in [0.1, 0.15) is 17.5 Å². The van der Waals surface area contributed by atoms with E-state index in [2.05, 4.69) is 0 Å². The molecule has 0 amide bonds. The fourth-order valence-corrected chi connectivity index (χ4v) is 2.80. The summed E-state index contributed by atoms with van der Waals surface area (Å²) in [4.78, 5) is 10.3. The molecule has 1 rings (SSSR count). The van der Waals surface area contributed by atoms with Gasteiger partial charge in [-0.3, -0.25) is 4.79 Å². The van der Waals surface area contributed by atoms with Crippen LogP contribution in [0.15, 0.2) is 18.2 Å². The molecule has 4 nitrogen and oxygen atoms in total. The number of hydrogen-bond donors (Lipinski definition) is 1. The van der Waals surface area contributed by atoms with Gasteiger partial charge >= 0.3 is 5.97 Å². The molecule has 0 heterocycles. The fourth-order valence-electron chi connectivity index (χ4n) is 1.37. The molecule has 1 aromatic carbocycles. The molecule has 0 saturated carbocycles. The third-order valence-corrected chi connectivity index (χ3v) is 3.88. The first-order valence-corrected chi connectivity index (χ1v) is 6.79. The van der Waals surface area contributed by atoms with Crippen molar-refractivity contribution < 1.29 is 22.7 Å². The second-order valence-electron chi connectivity index (χ2n) is 3.81. The van der Waals surface area contributed by atoms with Gasteiger partial charge in [-0.1, -0.05) is 6.07 Å². The van der Waals surface area contributed by atoms with Gasteiger partial charge in [0.1, 0.15) is 5.82 Å². The second-order valence-corrected chi connectivity index (χ2v) is 5.99. The van der Waals surface area contributed by atoms with Crippen LogP contribution in [0.5, 0.6) is 0 Å². The van der Waals surface area contributed by atoms with Crippen molar-refractivity contribution in [1.82, 2.24) is 0 Å². The van der Waals surface area contributed by atoms with Gasteiger partial charge in [0.15, 0.2) is 9.84 Å². The Bertz CT molecular complexity index is 522. The fraction of sp³-hybridized carbons (Fsp3) is 0.364. The van der Waals surface area contributed by atoms with Crippen molar-refractivity contribution in [3.63, 3.8) is 0 Å². The van der Waals surface area contributed by atoms with E-state index >= 15 is 0 Å². The lowest BCUT2D eigenvalue weighted by atomic mass is 10.1. The quantitative estimate of drug-likeness (QED) is 0.871. The average molecular weight is 260 g/mol. The molecular weight excluding hydrogens is 247 g/mol. The minimum Gasteiger partial charge on any atom is -0.481 e. The molecule has 0 unspecified atom stereocenters. The summed E-state index contributed by atoms with van der Waals surface area (Å²) in [7, 11) is -3.47. The van der Waals surface area contributed by atoms with Crippen molar-refractivity contribution in [2.45, 2.75) is 19.1 Å². The predicted molar refractivity (Wildman–Crippen MR) is 60.9 cm³/mol. The van der Waals surface area contributed by atoms with E-state index in [0.717, 1.165) is 0 Å². The molecule has 17 heavy (non-hydrogen) atoms. The number of sulfone groups is 1. The summed E-state index contributed by atoms with van der Waals surface area (Å²) in [6.07, 6.45) is -0.414. The Hall–Kier alpha value is -1.43. The number of hydrogen-bond acceptors (Lipinski definition) is 3. The Morgan fingerprint density at radius 3 is 2.59 bits per heavy atom. The van der Waals surface area contributed by atoms with E-state index in [0.29, 0.717) is 11.1 Å². The first-order chi connectivity index (χ1) is 7.80. The van der Waals surface area contributed by atoms with E-state index in [1.54, 1.807) is 6.92 Å². The largest absolute Gasteiger partial charge is 0.481 e. The lowest BCUT2D eigenvalue weighted by molar-refractivity contribution is -0.136. The Balaban J connectivity index is 2.79. The van der Waals surface area contributed by atoms with Crippen LogP contribution in [0, 0.1) is 12.7 Å². The zero-order valence-electron chi connectivity index (χ0n) is 9.31. The Labute approximate surface area is 99.0 Å². The van der Waals surface area contributed by atoms with Crippen molar-refractivity contribution in [3.8, 4) is 0 Å². The van der Waals surface area contributed by atoms with Crippen molar-refractivity contribution in [2.24, 2.45) is 0 Å². The van der Waals surface area contributed by atoms with Crippen molar-refractivity contribution >= 4 is 15.8 Å². The molecule has 0 fully saturated rings. The van der Waals surface area contributed by atoms with Crippen LogP contribution >= 0.6 is 0 Å². The number of aliphatic carboxylic acids is 1. The van der Waals surface area contributed by atoms with E-state index in [9.17, 15) is 17.6 Å². The van der Waals surface area contributed by atoms with Crippen molar-refractivity contribution in [2.75, 3.05) is 5.75 Å². The van der Waals surface area contributed by atoms with Crippen molar-refractivity contribution in [1.29, 1.82) is 0 Å². The molecule has 6 heteroatoms. The third-order valence-electron chi connectivity index (χ3n) is 2.31. The molecular formula is C11H13FO4S. The number of aryl methyl sites for hydroxylation is 1. The number of rotatable bonds is 5. The van der Waals surface area contributed by atoms with Gasteiger partial charge in [-0.25, -0.2) is 12.8 Å². The summed E-state index contributed by atoms with van der Waals surface area (Å²) in [5.41, 5.74) is 1.04. The summed E-state index contributed by atoms with van der Waals surface area (Å²) >= 11 is 0. The van der Waals surface area contributed by atoms with E-state index < -0.39 is 33.8 Å². The van der Waals surface area contributed by atoms with Gasteiger partial charge in [-0.2, -0.15) is 0 Å². The highest BCUT2D eigenvalue weighted by molar-refractivity contribution is 7.90. The van der Waals surface area contributed by atoms with Crippen molar-refractivity contribution in [3.05, 3.63) is 35.1 Å². The molecule has 0 atom stereocenters. The molecule has 0 aliphatic carbocycles. The lowest BCUT2D eigenvalue weighted by Gasteiger charge is -2.06. The molecule has 94 valence electrons. The molecule has 0 spiro atoms. The summed E-state index contributed by atoms with van der Waals surface area (Å²) < 4.78 is 36.0. The normalized spacial score (nSPS) is 11.4. The highest BCUT2D eigenvalue weighted by Gasteiger charge is 2.15. The minimum absolute atomic E-state index is 0.258. The number of carboxylic acids is 1. The average Bonchev–Trinajstić information content (AvgIpc) is 2.20. The molecule has 1 aromatic rings. The van der Waals surface area contributed by atoms with Gasteiger partial charge < -0.3 is 5.11 Å². The summed E-state index contributed by atoms with van der Waals surface area (Å²) in [5.74, 6) is -2.23. The summed E-state index contributed by atoms with van der Waals surface area (Å²) in [5, 5.41) is 8.42. The van der Waals surface area contributed by atoms with Crippen LogP contribution in [0.4, 0.5) is 4.39 Å². The Morgan fingerprint density at radius 2 is 2.06 bits per heavy atom. The van der Waals surface area contributed by atoms with E-state index in [4.69, 9.17) is 5.11 Å². The van der Waals surface area contributed by atoms with Gasteiger partial charge in [0, 0.05) is 0 Å². The first kappa shape index (κ1) is 13.6. The van der Waals surface area contributed by atoms with E-state index in [1.807, 2.05) is 0 Å². The number of carbonyl (C=O) groups is 1. The maximum Gasteiger partial charge on any atom is 0.304 e. The monoisotopic (exact) mass is 260 g/mol. The number of carboxylic acid groups (broad SMARTS) is 1. The van der Waals surface area contributed by atoms with Gasteiger partial charge in [-0.15, -0.1) is 0 Å². The van der Waals surface area contributed by atoms with E-state index in [1.165, 1.54) is 18.2 Å². The highest BCUT2D eigenvalue weighted by Crippen LogP contribution is 2.14. The molecule has 0 saturated heterocycles. The summed E-state index contributed by atoms with van der Waals surface area (Å²) in [6.45, 7) is 1.62. The Morgan fingerprint density at radius 1 is 1.41 bits per heavy atom. The molecule has 0 aromatic heterocycles. The maximum absolute atomic E-state index is 12.8. The molecule has 0 radical (unpaired) electrons. The standard InChI is InChI=1S/C11H13FO4S/c1-8-6-10(12)3-2-9(8)7-17(15,16)5-4-11(13)14/h2-3,6H,4-5,7H2,1H3,(H,13,14). The van der Waals surface area contributed by atoms with Gasteiger partial charge in [-0.05, 0) is 30.2 Å². The van der Waals surface area contributed by atoms with Crippen LogP contribution in [0.2, 0.25) is 0 Å². The van der Waals surface area contributed by atoms with E-state index in [-0.39, 0.29) is 5.75 Å². The van der Waals surface area contributed by atoms with Crippen LogP contribution in [0.3, 0.4) is 0 Å². The zero-order valence-corrected chi connectivity index (χ0v) is 10.1. The SMILES string of the molecule is Cc1cc(F)ccc1CS(=O)(=O)CCC(=O)O. The Kier molecular flexibility index (Phi) is 4.22. The minimum atomic E-state index is -3.47. The van der Waals surface area contributed by atoms with Gasteiger partial charge in [0.05, 0.1) is 17.9 Å². The third kappa shape index (κ3) is 4.52. The van der Waals surface area contributed by atoms with Gasteiger partial charge in [0.2, 0.25) is 0 Å². The maximum atomic E-state index is 12.8. The first-order valence-electron chi connectivity index (χ1n) is 4.97. The van der Waals surface area contributed by atoms with Crippen LogP contribution < -0.4 is 0 Å².